The van der Waals surface area contributed by atoms with E-state index in [0.717, 1.165) is 12.3 Å². The Morgan fingerprint density at radius 2 is 2.11 bits per heavy atom. The van der Waals surface area contributed by atoms with Crippen LogP contribution in [-0.4, -0.2) is 44.2 Å². The maximum Gasteiger partial charge on any atom is 0.123 e. The highest BCUT2D eigenvalue weighted by Gasteiger charge is 2.39. The number of likely N-dealkylation sites (tertiary alicyclic amines) is 1. The van der Waals surface area contributed by atoms with Crippen LogP contribution in [0.2, 0.25) is 0 Å². The number of ether oxygens (including phenoxy) is 1. The molecule has 1 aromatic rings. The molecule has 1 spiro atoms. The van der Waals surface area contributed by atoms with Gasteiger partial charge in [-0.05, 0) is 55.6 Å². The third-order valence-corrected chi connectivity index (χ3v) is 4.34. The third kappa shape index (κ3) is 3.07. The molecule has 0 saturated carbocycles. The number of halogens is 1. The van der Waals surface area contributed by atoms with Crippen LogP contribution >= 0.6 is 0 Å². The second-order valence-electron chi connectivity index (χ2n) is 5.76. The summed E-state index contributed by atoms with van der Waals surface area (Å²) in [6, 6.07) is 6.23. The topological polar surface area (TPSA) is 24.5 Å². The quantitative estimate of drug-likeness (QED) is 0.899. The number of hydrogen-bond donors (Lipinski definition) is 1. The molecular formula is C15H21FN2O. The first kappa shape index (κ1) is 12.9. The second-order valence-corrected chi connectivity index (χ2v) is 5.76. The zero-order chi connectivity index (χ0) is 13.1. The Bertz CT molecular complexity index is 415. The Kier molecular flexibility index (Phi) is 3.71. The number of nitrogens with one attached hydrogen (secondary N) is 1. The summed E-state index contributed by atoms with van der Waals surface area (Å²) in [7, 11) is 0. The Hall–Kier alpha value is -1.13. The van der Waals surface area contributed by atoms with Crippen LogP contribution in [0.4, 0.5) is 4.39 Å². The third-order valence-electron chi connectivity index (χ3n) is 4.34. The molecule has 2 heterocycles. The molecule has 1 N–H and O–H groups in total. The number of hydrogen-bond acceptors (Lipinski definition) is 3. The van der Waals surface area contributed by atoms with E-state index in [0.29, 0.717) is 12.0 Å². The molecule has 2 fully saturated rings. The lowest BCUT2D eigenvalue weighted by Crippen LogP contribution is -2.31. The lowest BCUT2D eigenvalue weighted by molar-refractivity contribution is 0.217. The van der Waals surface area contributed by atoms with Crippen molar-refractivity contribution in [3.8, 4) is 5.75 Å². The maximum absolute atomic E-state index is 12.8. The molecule has 2 aliphatic rings. The van der Waals surface area contributed by atoms with Crippen molar-refractivity contribution in [2.45, 2.75) is 12.8 Å². The maximum atomic E-state index is 12.8. The van der Waals surface area contributed by atoms with Gasteiger partial charge in [0.1, 0.15) is 18.2 Å². The minimum atomic E-state index is -0.220. The fourth-order valence-corrected chi connectivity index (χ4v) is 3.19. The average Bonchev–Trinajstić information content (AvgIpc) is 3.03. The summed E-state index contributed by atoms with van der Waals surface area (Å²) < 4.78 is 18.4. The predicted octanol–water partition coefficient (Wildman–Crippen LogP) is 1.89. The molecule has 2 saturated heterocycles. The highest BCUT2D eigenvalue weighted by molar-refractivity contribution is 5.21. The zero-order valence-electron chi connectivity index (χ0n) is 11.2. The summed E-state index contributed by atoms with van der Waals surface area (Å²) in [4.78, 5) is 2.48. The molecule has 0 aliphatic carbocycles. The number of benzene rings is 1. The highest BCUT2D eigenvalue weighted by atomic mass is 19.1. The molecule has 1 atom stereocenters. The Morgan fingerprint density at radius 1 is 1.26 bits per heavy atom. The summed E-state index contributed by atoms with van der Waals surface area (Å²) >= 11 is 0. The number of rotatable bonds is 4. The van der Waals surface area contributed by atoms with Gasteiger partial charge in [0.15, 0.2) is 0 Å². The van der Waals surface area contributed by atoms with Gasteiger partial charge in [0.2, 0.25) is 0 Å². The van der Waals surface area contributed by atoms with Crippen molar-refractivity contribution in [1.29, 1.82) is 0 Å². The van der Waals surface area contributed by atoms with Gasteiger partial charge >= 0.3 is 0 Å². The van der Waals surface area contributed by atoms with Gasteiger partial charge in [-0.1, -0.05) is 0 Å². The summed E-state index contributed by atoms with van der Waals surface area (Å²) in [5.41, 5.74) is 0.524. The lowest BCUT2D eigenvalue weighted by atomic mass is 9.87. The zero-order valence-corrected chi connectivity index (χ0v) is 11.2. The monoisotopic (exact) mass is 264 g/mol. The molecule has 4 heteroatoms. The first-order valence-corrected chi connectivity index (χ1v) is 7.07. The van der Waals surface area contributed by atoms with Crippen LogP contribution < -0.4 is 10.1 Å². The largest absolute Gasteiger partial charge is 0.492 e. The van der Waals surface area contributed by atoms with E-state index in [4.69, 9.17) is 4.74 Å². The van der Waals surface area contributed by atoms with Crippen molar-refractivity contribution in [1.82, 2.24) is 10.2 Å². The normalized spacial score (nSPS) is 27.2. The molecule has 3 nitrogen and oxygen atoms in total. The van der Waals surface area contributed by atoms with Gasteiger partial charge in [-0.3, -0.25) is 4.90 Å². The van der Waals surface area contributed by atoms with E-state index in [9.17, 15) is 4.39 Å². The van der Waals surface area contributed by atoms with E-state index in [1.807, 2.05) is 0 Å². The van der Waals surface area contributed by atoms with E-state index >= 15 is 0 Å². The molecule has 104 valence electrons. The van der Waals surface area contributed by atoms with Gasteiger partial charge < -0.3 is 10.1 Å². The number of nitrogens with zero attached hydrogens (tertiary/aromatic N) is 1. The van der Waals surface area contributed by atoms with Gasteiger partial charge in [0.05, 0.1) is 0 Å². The lowest BCUT2D eigenvalue weighted by Gasteiger charge is -2.22. The van der Waals surface area contributed by atoms with E-state index < -0.39 is 0 Å². The van der Waals surface area contributed by atoms with Crippen molar-refractivity contribution in [3.63, 3.8) is 0 Å². The smallest absolute Gasteiger partial charge is 0.123 e. The summed E-state index contributed by atoms with van der Waals surface area (Å²) in [5.74, 6) is 0.528. The van der Waals surface area contributed by atoms with Crippen molar-refractivity contribution in [2.24, 2.45) is 5.41 Å². The minimum Gasteiger partial charge on any atom is -0.492 e. The first-order valence-electron chi connectivity index (χ1n) is 7.07. The molecule has 0 amide bonds. The molecule has 0 radical (unpaired) electrons. The van der Waals surface area contributed by atoms with Crippen LogP contribution in [0.25, 0.3) is 0 Å². The molecule has 0 bridgehead atoms. The van der Waals surface area contributed by atoms with Gasteiger partial charge in [0.25, 0.3) is 0 Å². The van der Waals surface area contributed by atoms with Crippen LogP contribution in [0.5, 0.6) is 5.75 Å². The van der Waals surface area contributed by atoms with Crippen LogP contribution in [0.3, 0.4) is 0 Å². The first-order chi connectivity index (χ1) is 9.26. The molecule has 19 heavy (non-hydrogen) atoms. The average molecular weight is 264 g/mol. The second kappa shape index (κ2) is 5.47. The van der Waals surface area contributed by atoms with Gasteiger partial charge in [0, 0.05) is 19.6 Å². The summed E-state index contributed by atoms with van der Waals surface area (Å²) in [6.45, 7) is 6.33. The fourth-order valence-electron chi connectivity index (χ4n) is 3.19. The van der Waals surface area contributed by atoms with Crippen molar-refractivity contribution >= 4 is 0 Å². The predicted molar refractivity (Wildman–Crippen MR) is 72.9 cm³/mol. The van der Waals surface area contributed by atoms with Crippen LogP contribution in [0.1, 0.15) is 12.8 Å². The Labute approximate surface area is 113 Å². The van der Waals surface area contributed by atoms with Crippen molar-refractivity contribution < 1.29 is 9.13 Å². The molecule has 1 unspecified atom stereocenters. The molecule has 0 aromatic heterocycles. The fraction of sp³-hybridized carbons (Fsp3) is 0.600. The van der Waals surface area contributed by atoms with Crippen molar-refractivity contribution in [2.75, 3.05) is 39.3 Å². The molecule has 1 aromatic carbocycles. The minimum absolute atomic E-state index is 0.220. The molecule has 2 aliphatic heterocycles. The summed E-state index contributed by atoms with van der Waals surface area (Å²) in [6.07, 6.45) is 2.61. The van der Waals surface area contributed by atoms with Crippen LogP contribution in [0, 0.1) is 11.2 Å². The molecule has 3 rings (SSSR count). The van der Waals surface area contributed by atoms with E-state index in [-0.39, 0.29) is 5.82 Å². The Morgan fingerprint density at radius 3 is 2.84 bits per heavy atom. The SMILES string of the molecule is Fc1ccc(OCCN2CCC3(CCNC3)C2)cc1. The summed E-state index contributed by atoms with van der Waals surface area (Å²) in [5, 5.41) is 3.47. The van der Waals surface area contributed by atoms with Gasteiger partial charge in [-0.2, -0.15) is 0 Å². The van der Waals surface area contributed by atoms with Crippen LogP contribution in [0.15, 0.2) is 24.3 Å². The van der Waals surface area contributed by atoms with E-state index in [1.165, 1.54) is 51.2 Å². The van der Waals surface area contributed by atoms with E-state index in [2.05, 4.69) is 10.2 Å². The van der Waals surface area contributed by atoms with Crippen LogP contribution in [-0.2, 0) is 0 Å². The molecular weight excluding hydrogens is 243 g/mol. The standard InChI is InChI=1S/C15H21FN2O/c16-13-1-3-14(4-2-13)19-10-9-18-8-6-15(12-18)5-7-17-11-15/h1-4,17H,5-12H2. The highest BCUT2D eigenvalue weighted by Crippen LogP contribution is 2.35. The Balaban J connectivity index is 1.42. The van der Waals surface area contributed by atoms with Crippen molar-refractivity contribution in [3.05, 3.63) is 30.1 Å². The van der Waals surface area contributed by atoms with Gasteiger partial charge in [-0.15, -0.1) is 0 Å². The van der Waals surface area contributed by atoms with Gasteiger partial charge in [-0.25, -0.2) is 4.39 Å². The van der Waals surface area contributed by atoms with E-state index in [1.54, 1.807) is 12.1 Å².